The van der Waals surface area contributed by atoms with Gasteiger partial charge in [0.25, 0.3) is 0 Å². The van der Waals surface area contributed by atoms with Crippen molar-refractivity contribution in [3.05, 3.63) is 35.9 Å². The highest BCUT2D eigenvalue weighted by Crippen LogP contribution is 2.12. The minimum Gasteiger partial charge on any atom is -0.481 e. The summed E-state index contributed by atoms with van der Waals surface area (Å²) >= 11 is 0. The molecule has 14 N–H and O–H groups in total. The molecule has 0 fully saturated rings. The molecule has 1 rings (SSSR count). The normalized spacial score (nSPS) is 15.2. The number of nitrogens with one attached hydrogen (secondary N) is 8. The Morgan fingerprint density at radius 1 is 0.569 bits per heavy atom. The van der Waals surface area contributed by atoms with E-state index in [4.69, 9.17) is 10.8 Å². The zero-order valence-corrected chi connectivity index (χ0v) is 37.7. The number of aliphatic hydroxyl groups excluding tert-OH is 2. The van der Waals surface area contributed by atoms with Crippen LogP contribution >= 0.6 is 0 Å². The molecular formula is C42H67N9O14. The van der Waals surface area contributed by atoms with Gasteiger partial charge in [-0.3, -0.25) is 43.2 Å². The van der Waals surface area contributed by atoms with Gasteiger partial charge in [-0.1, -0.05) is 84.7 Å². The summed E-state index contributed by atoms with van der Waals surface area (Å²) in [5.41, 5.74) is 6.25. The van der Waals surface area contributed by atoms with E-state index in [1.54, 1.807) is 71.9 Å². The standard InChI is InChI=1S/C42H67N9O14/c1-7-23(5)34(41(63)45-19-31(54)46-27(14-15-33(56)57)38(60)51-35(42(64)65)24(6)8-2)50-40(62)30(21-53)47-32(55)18-44-37(59)29(17-25-12-10-9-11-13-25)49-39(61)28(16-22(3)4)48-36(58)26(43)20-52/h9-13,22-24,26-30,34-35,52-53H,7-8,14-21,43H2,1-6H3,(H,44,59)(H,45,63)(H,46,54)(H,47,55)(H,48,58)(H,49,61)(H,50,62)(H,51,60)(H,56,57)(H,64,65)/t23-,24-,26-,27-,28-,29-,30-,34-,35-/m0/s1. The van der Waals surface area contributed by atoms with Crippen LogP contribution in [0, 0.1) is 17.8 Å². The summed E-state index contributed by atoms with van der Waals surface area (Å²) in [6, 6.07) is -0.872. The second-order valence-corrected chi connectivity index (χ2v) is 16.1. The van der Waals surface area contributed by atoms with Crippen molar-refractivity contribution in [2.24, 2.45) is 23.5 Å². The number of carbonyl (C=O) groups excluding carboxylic acids is 8. The number of carbonyl (C=O) groups is 10. The van der Waals surface area contributed by atoms with Crippen LogP contribution in [0.5, 0.6) is 0 Å². The van der Waals surface area contributed by atoms with Gasteiger partial charge in [0, 0.05) is 12.8 Å². The second kappa shape index (κ2) is 29.3. The molecular weight excluding hydrogens is 855 g/mol. The zero-order valence-electron chi connectivity index (χ0n) is 37.7. The molecule has 0 heterocycles. The van der Waals surface area contributed by atoms with Gasteiger partial charge in [-0.15, -0.1) is 0 Å². The molecule has 0 bridgehead atoms. The first-order chi connectivity index (χ1) is 30.6. The van der Waals surface area contributed by atoms with Crippen molar-refractivity contribution in [2.45, 2.75) is 122 Å². The van der Waals surface area contributed by atoms with Crippen molar-refractivity contribution in [2.75, 3.05) is 26.3 Å². The number of nitrogens with two attached hydrogens (primary N) is 1. The molecule has 23 heteroatoms. The van der Waals surface area contributed by atoms with Gasteiger partial charge in [0.15, 0.2) is 0 Å². The van der Waals surface area contributed by atoms with Crippen LogP contribution in [0.2, 0.25) is 0 Å². The van der Waals surface area contributed by atoms with Crippen molar-refractivity contribution in [1.82, 2.24) is 42.5 Å². The summed E-state index contributed by atoms with van der Waals surface area (Å²) in [7, 11) is 0. The van der Waals surface area contributed by atoms with E-state index in [-0.39, 0.29) is 18.8 Å². The van der Waals surface area contributed by atoms with Gasteiger partial charge in [0.2, 0.25) is 47.3 Å². The summed E-state index contributed by atoms with van der Waals surface area (Å²) in [4.78, 5) is 128. The summed E-state index contributed by atoms with van der Waals surface area (Å²) in [5.74, 6) is -10.8. The number of hydrogen-bond donors (Lipinski definition) is 13. The lowest BCUT2D eigenvalue weighted by molar-refractivity contribution is -0.144. The van der Waals surface area contributed by atoms with Crippen molar-refractivity contribution < 1.29 is 68.4 Å². The van der Waals surface area contributed by atoms with Crippen LogP contribution in [0.1, 0.15) is 79.2 Å². The molecule has 0 radical (unpaired) electrons. The maximum absolute atomic E-state index is 13.5. The monoisotopic (exact) mass is 921 g/mol. The molecule has 9 atom stereocenters. The third kappa shape index (κ3) is 20.9. The molecule has 1 aromatic carbocycles. The third-order valence-electron chi connectivity index (χ3n) is 10.3. The molecule has 8 amide bonds. The Morgan fingerprint density at radius 3 is 1.57 bits per heavy atom. The molecule has 0 spiro atoms. The van der Waals surface area contributed by atoms with Gasteiger partial charge in [-0.25, -0.2) is 4.79 Å². The second-order valence-electron chi connectivity index (χ2n) is 16.1. The van der Waals surface area contributed by atoms with Gasteiger partial charge in [0.1, 0.15) is 42.3 Å². The first-order valence-corrected chi connectivity index (χ1v) is 21.4. The highest BCUT2D eigenvalue weighted by molar-refractivity contribution is 5.97. The molecule has 65 heavy (non-hydrogen) atoms. The molecule has 23 nitrogen and oxygen atoms in total. The number of carboxylic acid groups (broad SMARTS) is 2. The minimum atomic E-state index is -1.63. The Hall–Kier alpha value is -6.20. The summed E-state index contributed by atoms with van der Waals surface area (Å²) < 4.78 is 0. The first kappa shape index (κ1) is 56.8. The Morgan fingerprint density at radius 2 is 1.06 bits per heavy atom. The lowest BCUT2D eigenvalue weighted by Gasteiger charge is -2.26. The number of benzene rings is 1. The van der Waals surface area contributed by atoms with Crippen LogP contribution in [-0.2, 0) is 54.4 Å². The topological polar surface area (TPSA) is 374 Å². The average Bonchev–Trinajstić information content (AvgIpc) is 3.27. The smallest absolute Gasteiger partial charge is 0.326 e. The van der Waals surface area contributed by atoms with Crippen LogP contribution in [0.4, 0.5) is 0 Å². The Labute approximate surface area is 377 Å². The zero-order chi connectivity index (χ0) is 49.4. The largest absolute Gasteiger partial charge is 0.481 e. The highest BCUT2D eigenvalue weighted by Gasteiger charge is 2.33. The van der Waals surface area contributed by atoms with E-state index in [0.717, 1.165) is 0 Å². The van der Waals surface area contributed by atoms with Crippen LogP contribution in [-0.4, -0.2) is 148 Å². The lowest BCUT2D eigenvalue weighted by Crippen LogP contribution is -2.59. The SMILES string of the molecule is CC[C@H](C)[C@H](NC(=O)[C@H](CCC(=O)O)NC(=O)CNC(=O)[C@@H](NC(=O)[C@H](CO)NC(=O)CNC(=O)[C@H](Cc1ccccc1)NC(=O)[C@H](CC(C)C)NC(=O)[C@@H](N)CO)[C@@H](C)CC)C(=O)O. The van der Waals surface area contributed by atoms with Crippen molar-refractivity contribution in [3.8, 4) is 0 Å². The average molecular weight is 922 g/mol. The van der Waals surface area contributed by atoms with E-state index in [9.17, 15) is 63.3 Å². The molecule has 0 unspecified atom stereocenters. The predicted molar refractivity (Wildman–Crippen MR) is 233 cm³/mol. The molecule has 0 aliphatic heterocycles. The van der Waals surface area contributed by atoms with Crippen molar-refractivity contribution in [1.29, 1.82) is 0 Å². The van der Waals surface area contributed by atoms with Gasteiger partial charge < -0.3 is 68.7 Å². The molecule has 1 aromatic rings. The van der Waals surface area contributed by atoms with Gasteiger partial charge in [-0.05, 0) is 36.2 Å². The van der Waals surface area contributed by atoms with Gasteiger partial charge in [0.05, 0.1) is 26.3 Å². The highest BCUT2D eigenvalue weighted by atomic mass is 16.4. The first-order valence-electron chi connectivity index (χ1n) is 21.4. The maximum Gasteiger partial charge on any atom is 0.326 e. The summed E-state index contributed by atoms with van der Waals surface area (Å²) in [5, 5.41) is 57.2. The molecule has 0 aromatic heterocycles. The maximum atomic E-state index is 13.5. The van der Waals surface area contributed by atoms with E-state index in [0.29, 0.717) is 18.4 Å². The number of hydrogen-bond acceptors (Lipinski definition) is 13. The van der Waals surface area contributed by atoms with E-state index in [2.05, 4.69) is 42.5 Å². The molecule has 0 aliphatic carbocycles. The third-order valence-corrected chi connectivity index (χ3v) is 10.3. The summed E-state index contributed by atoms with van der Waals surface area (Å²) in [6.07, 6.45) is -0.116. The Bertz CT molecular complexity index is 1780. The quantitative estimate of drug-likeness (QED) is 0.0361. The van der Waals surface area contributed by atoms with E-state index >= 15 is 0 Å². The fraction of sp³-hybridized carbons (Fsp3) is 0.619. The van der Waals surface area contributed by atoms with E-state index in [1.807, 2.05) is 0 Å². The molecule has 0 saturated heterocycles. The fourth-order valence-corrected chi connectivity index (χ4v) is 6.08. The van der Waals surface area contributed by atoms with E-state index in [1.165, 1.54) is 0 Å². The fourth-order valence-electron chi connectivity index (χ4n) is 6.08. The Kier molecular flexibility index (Phi) is 25.6. The van der Waals surface area contributed by atoms with E-state index < -0.39 is 152 Å². The number of aliphatic carboxylic acids is 2. The number of rotatable bonds is 30. The Balaban J connectivity index is 3.05. The van der Waals surface area contributed by atoms with Crippen molar-refractivity contribution >= 4 is 59.2 Å². The minimum absolute atomic E-state index is 0.0346. The number of carboxylic acids is 2. The summed E-state index contributed by atoms with van der Waals surface area (Å²) in [6.45, 7) is 7.12. The lowest BCUT2D eigenvalue weighted by atomic mass is 9.98. The predicted octanol–water partition coefficient (Wildman–Crippen LogP) is -3.23. The van der Waals surface area contributed by atoms with Crippen molar-refractivity contribution in [3.63, 3.8) is 0 Å². The van der Waals surface area contributed by atoms with Crippen LogP contribution in [0.15, 0.2) is 30.3 Å². The number of aliphatic hydroxyl groups is 2. The van der Waals surface area contributed by atoms with Crippen LogP contribution in [0.25, 0.3) is 0 Å². The van der Waals surface area contributed by atoms with Crippen LogP contribution < -0.4 is 48.3 Å². The molecule has 0 aliphatic rings. The van der Waals surface area contributed by atoms with Gasteiger partial charge >= 0.3 is 11.9 Å². The van der Waals surface area contributed by atoms with Gasteiger partial charge in [-0.2, -0.15) is 0 Å². The molecule has 0 saturated carbocycles. The number of amides is 8. The molecule has 364 valence electrons. The van der Waals surface area contributed by atoms with Crippen LogP contribution in [0.3, 0.4) is 0 Å².